The smallest absolute Gasteiger partial charge is 0.125 e. The maximum atomic E-state index is 5.86. The van der Waals surface area contributed by atoms with Crippen molar-refractivity contribution >= 4 is 0 Å². The first-order valence-electron chi connectivity index (χ1n) is 9.30. The first-order valence-corrected chi connectivity index (χ1v) is 9.30. The third kappa shape index (κ3) is 4.36. The first kappa shape index (κ1) is 17.3. The molecule has 0 amide bonds. The Balaban J connectivity index is 1.73. The lowest BCUT2D eigenvalue weighted by Crippen LogP contribution is -2.28. The van der Waals surface area contributed by atoms with Crippen LogP contribution in [0, 0.1) is 0 Å². The van der Waals surface area contributed by atoms with Gasteiger partial charge in [-0.15, -0.1) is 0 Å². The fourth-order valence-electron chi connectivity index (χ4n) is 3.51. The van der Waals surface area contributed by atoms with Gasteiger partial charge in [0.2, 0.25) is 0 Å². The van der Waals surface area contributed by atoms with E-state index in [0.717, 1.165) is 18.8 Å². The van der Waals surface area contributed by atoms with E-state index in [0.29, 0.717) is 0 Å². The number of furan rings is 1. The largest absolute Gasteiger partial charge is 0.467 e. The molecule has 4 aromatic rings. The summed E-state index contributed by atoms with van der Waals surface area (Å²) >= 11 is 0. The van der Waals surface area contributed by atoms with E-state index >= 15 is 0 Å². The third-order valence-corrected chi connectivity index (χ3v) is 4.75. The zero-order valence-electron chi connectivity index (χ0n) is 15.2. The van der Waals surface area contributed by atoms with Crippen molar-refractivity contribution in [2.45, 2.75) is 19.1 Å². The van der Waals surface area contributed by atoms with Crippen LogP contribution in [0.25, 0.3) is 0 Å². The quantitative estimate of drug-likeness (QED) is 0.401. The van der Waals surface area contributed by atoms with Gasteiger partial charge in [-0.2, -0.15) is 0 Å². The summed E-state index contributed by atoms with van der Waals surface area (Å²) in [4.78, 5) is 2.47. The zero-order chi connectivity index (χ0) is 18.3. The van der Waals surface area contributed by atoms with E-state index in [4.69, 9.17) is 4.42 Å². The molecule has 0 N–H and O–H groups in total. The van der Waals surface area contributed by atoms with Crippen molar-refractivity contribution in [3.05, 3.63) is 132 Å². The zero-order valence-corrected chi connectivity index (χ0v) is 15.2. The van der Waals surface area contributed by atoms with E-state index in [2.05, 4.69) is 102 Å². The lowest BCUT2D eigenvalue weighted by molar-refractivity contribution is 0.185. The maximum absolute atomic E-state index is 5.86. The van der Waals surface area contributed by atoms with Gasteiger partial charge in [-0.05, 0) is 28.8 Å². The molecule has 3 aromatic carbocycles. The summed E-state index contributed by atoms with van der Waals surface area (Å²) < 4.78 is 5.86. The van der Waals surface area contributed by atoms with Crippen molar-refractivity contribution in [1.82, 2.24) is 4.90 Å². The fourth-order valence-corrected chi connectivity index (χ4v) is 3.51. The second-order valence-electron chi connectivity index (χ2n) is 6.70. The molecular formula is C25H23NO. The summed E-state index contributed by atoms with van der Waals surface area (Å²) in [6.07, 6.45) is 1.76. The highest BCUT2D eigenvalue weighted by Gasteiger charge is 2.25. The van der Waals surface area contributed by atoms with Crippen LogP contribution in [-0.4, -0.2) is 4.90 Å². The summed E-state index contributed by atoms with van der Waals surface area (Å²) in [5.41, 5.74) is 3.82. The number of hydrogen-bond donors (Lipinski definition) is 0. The van der Waals surface area contributed by atoms with Gasteiger partial charge in [0, 0.05) is 13.1 Å². The molecule has 27 heavy (non-hydrogen) atoms. The number of nitrogens with zero attached hydrogens (tertiary/aromatic N) is 1. The van der Waals surface area contributed by atoms with Crippen LogP contribution in [0.5, 0.6) is 0 Å². The number of hydrogen-bond acceptors (Lipinski definition) is 2. The summed E-state index contributed by atoms with van der Waals surface area (Å²) in [5.74, 6) is 0.966. The van der Waals surface area contributed by atoms with Crippen LogP contribution in [0.15, 0.2) is 114 Å². The monoisotopic (exact) mass is 353 g/mol. The van der Waals surface area contributed by atoms with Gasteiger partial charge < -0.3 is 4.42 Å². The Morgan fingerprint density at radius 1 is 0.593 bits per heavy atom. The van der Waals surface area contributed by atoms with Crippen LogP contribution in [0.3, 0.4) is 0 Å². The fraction of sp³-hybridized carbons (Fsp3) is 0.120. The molecule has 0 saturated carbocycles. The van der Waals surface area contributed by atoms with E-state index in [1.54, 1.807) is 6.26 Å². The molecule has 0 radical (unpaired) electrons. The van der Waals surface area contributed by atoms with E-state index in [1.807, 2.05) is 6.07 Å². The average Bonchev–Trinajstić information content (AvgIpc) is 3.25. The summed E-state index contributed by atoms with van der Waals surface area (Å²) in [6.45, 7) is 1.69. The van der Waals surface area contributed by atoms with Gasteiger partial charge in [0.1, 0.15) is 5.76 Å². The Kier molecular flexibility index (Phi) is 5.47. The SMILES string of the molecule is c1ccc(CN(Cc2ccccc2)[C@@H](c2ccccc2)c2ccco2)cc1. The molecule has 0 unspecified atom stereocenters. The van der Waals surface area contributed by atoms with Gasteiger partial charge in [-0.25, -0.2) is 0 Å². The highest BCUT2D eigenvalue weighted by Crippen LogP contribution is 2.31. The summed E-state index contributed by atoms with van der Waals surface area (Å²) in [5, 5.41) is 0. The summed E-state index contributed by atoms with van der Waals surface area (Å²) in [7, 11) is 0. The second-order valence-corrected chi connectivity index (χ2v) is 6.70. The lowest BCUT2D eigenvalue weighted by atomic mass is 10.0. The van der Waals surface area contributed by atoms with Gasteiger partial charge in [0.25, 0.3) is 0 Å². The van der Waals surface area contributed by atoms with Crippen molar-refractivity contribution in [3.63, 3.8) is 0 Å². The van der Waals surface area contributed by atoms with Gasteiger partial charge in [-0.1, -0.05) is 91.0 Å². The first-order chi connectivity index (χ1) is 13.4. The van der Waals surface area contributed by atoms with Crippen molar-refractivity contribution in [2.75, 3.05) is 0 Å². The molecule has 0 aliphatic heterocycles. The van der Waals surface area contributed by atoms with Gasteiger partial charge >= 0.3 is 0 Å². The van der Waals surface area contributed by atoms with Crippen molar-refractivity contribution < 1.29 is 4.42 Å². The normalized spacial score (nSPS) is 12.2. The molecule has 0 fully saturated rings. The number of rotatable bonds is 7. The molecule has 2 heteroatoms. The Hall–Kier alpha value is -3.10. The van der Waals surface area contributed by atoms with E-state index in [1.165, 1.54) is 16.7 Å². The predicted octanol–water partition coefficient (Wildman–Crippen LogP) is 6.07. The molecule has 1 aromatic heterocycles. The van der Waals surface area contributed by atoms with Gasteiger partial charge in [0.15, 0.2) is 0 Å². The van der Waals surface area contributed by atoms with Crippen molar-refractivity contribution in [3.8, 4) is 0 Å². The van der Waals surface area contributed by atoms with E-state index < -0.39 is 0 Å². The molecule has 0 spiro atoms. The molecule has 1 atom stereocenters. The number of benzene rings is 3. The Morgan fingerprint density at radius 3 is 1.59 bits per heavy atom. The molecule has 0 saturated heterocycles. The minimum atomic E-state index is 0.0570. The molecule has 0 bridgehead atoms. The molecule has 2 nitrogen and oxygen atoms in total. The molecule has 134 valence electrons. The van der Waals surface area contributed by atoms with Crippen molar-refractivity contribution in [2.24, 2.45) is 0 Å². The topological polar surface area (TPSA) is 16.4 Å². The maximum Gasteiger partial charge on any atom is 0.125 e. The highest BCUT2D eigenvalue weighted by atomic mass is 16.3. The van der Waals surface area contributed by atoms with Crippen LogP contribution >= 0.6 is 0 Å². The minimum absolute atomic E-state index is 0.0570. The highest BCUT2D eigenvalue weighted by molar-refractivity contribution is 5.28. The molecule has 1 heterocycles. The van der Waals surface area contributed by atoms with Crippen LogP contribution in [0.4, 0.5) is 0 Å². The Labute approximate surface area is 160 Å². The predicted molar refractivity (Wildman–Crippen MR) is 109 cm³/mol. The Bertz CT molecular complexity index is 877. The van der Waals surface area contributed by atoms with Crippen LogP contribution in [-0.2, 0) is 13.1 Å². The lowest BCUT2D eigenvalue weighted by Gasteiger charge is -2.31. The standard InChI is InChI=1S/C25H23NO/c1-4-11-21(12-5-1)19-26(20-22-13-6-2-7-14-22)25(24-17-10-18-27-24)23-15-8-3-9-16-23/h1-18,25H,19-20H2/t25-/m0/s1. The van der Waals surface area contributed by atoms with E-state index in [9.17, 15) is 0 Å². The Morgan fingerprint density at radius 2 is 1.11 bits per heavy atom. The van der Waals surface area contributed by atoms with Crippen LogP contribution in [0.2, 0.25) is 0 Å². The molecule has 4 rings (SSSR count). The van der Waals surface area contributed by atoms with E-state index in [-0.39, 0.29) is 6.04 Å². The van der Waals surface area contributed by atoms with Gasteiger partial charge in [0.05, 0.1) is 12.3 Å². The third-order valence-electron chi connectivity index (χ3n) is 4.75. The second kappa shape index (κ2) is 8.52. The van der Waals surface area contributed by atoms with Crippen molar-refractivity contribution in [1.29, 1.82) is 0 Å². The van der Waals surface area contributed by atoms with Crippen LogP contribution in [0.1, 0.15) is 28.5 Å². The molecular weight excluding hydrogens is 330 g/mol. The average molecular weight is 353 g/mol. The summed E-state index contributed by atoms with van der Waals surface area (Å²) in [6, 6.07) is 35.9. The molecule has 0 aliphatic carbocycles. The molecule has 0 aliphatic rings. The van der Waals surface area contributed by atoms with Gasteiger partial charge in [-0.3, -0.25) is 4.90 Å². The minimum Gasteiger partial charge on any atom is -0.467 e. The van der Waals surface area contributed by atoms with Crippen LogP contribution < -0.4 is 0 Å².